The fourth-order valence-electron chi connectivity index (χ4n) is 3.50. The first-order valence-corrected chi connectivity index (χ1v) is 10.1. The van der Waals surface area contributed by atoms with E-state index in [2.05, 4.69) is 5.32 Å². The molecule has 1 aliphatic rings. The lowest BCUT2D eigenvalue weighted by Crippen LogP contribution is -2.33. The zero-order valence-electron chi connectivity index (χ0n) is 17.9. The van der Waals surface area contributed by atoms with Crippen LogP contribution in [0.3, 0.4) is 0 Å². The number of carbonyl (C=O) groups is 2. The molecule has 30 heavy (non-hydrogen) atoms. The second-order valence-corrected chi connectivity index (χ2v) is 7.52. The van der Waals surface area contributed by atoms with Gasteiger partial charge in [-0.1, -0.05) is 6.07 Å². The predicted octanol–water partition coefficient (Wildman–Crippen LogP) is 4.43. The van der Waals surface area contributed by atoms with Crippen LogP contribution in [0.4, 0.5) is 11.4 Å². The summed E-state index contributed by atoms with van der Waals surface area (Å²) in [5.74, 6) is 1.10. The number of aryl methyl sites for hydroxylation is 1. The van der Waals surface area contributed by atoms with E-state index in [1.165, 1.54) is 6.08 Å². The monoisotopic (exact) mass is 408 g/mol. The standard InChI is InChI=1S/C24H28N2O4/c1-16(2)30-22-11-7-18(14-23(22)29-4)8-12-24(28)25-20-9-10-21-19(15-20)6-5-13-26(21)17(3)27/h7-12,14-16H,5-6,13H2,1-4H3,(H,25,28)/b12-8+. The molecule has 1 heterocycles. The van der Waals surface area contributed by atoms with E-state index < -0.39 is 0 Å². The second kappa shape index (κ2) is 9.48. The molecule has 1 aliphatic heterocycles. The highest BCUT2D eigenvalue weighted by Crippen LogP contribution is 2.31. The number of methoxy groups -OCH3 is 1. The number of ether oxygens (including phenoxy) is 2. The first kappa shape index (κ1) is 21.4. The number of hydrogen-bond acceptors (Lipinski definition) is 4. The van der Waals surface area contributed by atoms with Crippen LogP contribution in [0.2, 0.25) is 0 Å². The minimum absolute atomic E-state index is 0.0379. The molecule has 0 aliphatic carbocycles. The van der Waals surface area contributed by atoms with E-state index >= 15 is 0 Å². The summed E-state index contributed by atoms with van der Waals surface area (Å²) in [4.78, 5) is 26.0. The van der Waals surface area contributed by atoms with Crippen molar-refractivity contribution >= 4 is 29.3 Å². The Bertz CT molecular complexity index is 966. The van der Waals surface area contributed by atoms with Gasteiger partial charge in [-0.2, -0.15) is 0 Å². The summed E-state index contributed by atoms with van der Waals surface area (Å²) in [6.07, 6.45) is 5.07. The van der Waals surface area contributed by atoms with E-state index in [1.807, 2.05) is 50.2 Å². The molecule has 6 nitrogen and oxygen atoms in total. The van der Waals surface area contributed by atoms with Gasteiger partial charge in [0.1, 0.15) is 0 Å². The van der Waals surface area contributed by atoms with Gasteiger partial charge in [-0.05, 0) is 74.2 Å². The zero-order chi connectivity index (χ0) is 21.7. The summed E-state index contributed by atoms with van der Waals surface area (Å²) < 4.78 is 11.1. The van der Waals surface area contributed by atoms with Crippen LogP contribution in [-0.2, 0) is 16.0 Å². The average molecular weight is 408 g/mol. The third kappa shape index (κ3) is 5.20. The third-order valence-electron chi connectivity index (χ3n) is 4.82. The molecular weight excluding hydrogens is 380 g/mol. The highest BCUT2D eigenvalue weighted by molar-refractivity contribution is 6.02. The molecule has 2 amide bonds. The van der Waals surface area contributed by atoms with Crippen molar-refractivity contribution in [1.29, 1.82) is 0 Å². The van der Waals surface area contributed by atoms with Crippen LogP contribution < -0.4 is 19.7 Å². The first-order valence-electron chi connectivity index (χ1n) is 10.1. The second-order valence-electron chi connectivity index (χ2n) is 7.52. The Hall–Kier alpha value is -3.28. The molecule has 0 bridgehead atoms. The van der Waals surface area contributed by atoms with Crippen LogP contribution in [-0.4, -0.2) is 31.6 Å². The van der Waals surface area contributed by atoms with Crippen LogP contribution in [0.1, 0.15) is 38.3 Å². The number of fused-ring (bicyclic) bond motifs is 1. The molecule has 6 heteroatoms. The van der Waals surface area contributed by atoms with Crippen molar-refractivity contribution in [1.82, 2.24) is 0 Å². The van der Waals surface area contributed by atoms with Gasteiger partial charge in [-0.25, -0.2) is 0 Å². The van der Waals surface area contributed by atoms with Crippen molar-refractivity contribution < 1.29 is 19.1 Å². The first-order chi connectivity index (χ1) is 14.4. The van der Waals surface area contributed by atoms with Crippen molar-refractivity contribution in [2.24, 2.45) is 0 Å². The molecule has 0 fully saturated rings. The number of hydrogen-bond donors (Lipinski definition) is 1. The topological polar surface area (TPSA) is 67.9 Å². The number of benzene rings is 2. The SMILES string of the molecule is COc1cc(/C=C/C(=O)Nc2ccc3c(c2)CCCN3C(C)=O)ccc1OC(C)C. The Kier molecular flexibility index (Phi) is 6.77. The molecule has 0 spiro atoms. The van der Waals surface area contributed by atoms with Crippen molar-refractivity contribution in [3.05, 3.63) is 53.6 Å². The number of carbonyl (C=O) groups excluding carboxylic acids is 2. The zero-order valence-corrected chi connectivity index (χ0v) is 17.9. The van der Waals surface area contributed by atoms with Crippen LogP contribution in [0.5, 0.6) is 11.5 Å². The van der Waals surface area contributed by atoms with Crippen LogP contribution in [0, 0.1) is 0 Å². The van der Waals surface area contributed by atoms with Gasteiger partial charge in [-0.15, -0.1) is 0 Å². The Balaban J connectivity index is 1.68. The number of nitrogens with zero attached hydrogens (tertiary/aromatic N) is 1. The highest BCUT2D eigenvalue weighted by atomic mass is 16.5. The summed E-state index contributed by atoms with van der Waals surface area (Å²) in [7, 11) is 1.59. The molecule has 2 aromatic rings. The smallest absolute Gasteiger partial charge is 0.248 e. The quantitative estimate of drug-likeness (QED) is 0.718. The van der Waals surface area contributed by atoms with Gasteiger partial charge in [0.25, 0.3) is 0 Å². The summed E-state index contributed by atoms with van der Waals surface area (Å²) in [6.45, 7) is 6.22. The Morgan fingerprint density at radius 1 is 1.13 bits per heavy atom. The van der Waals surface area contributed by atoms with E-state index in [1.54, 1.807) is 25.0 Å². The van der Waals surface area contributed by atoms with Crippen LogP contribution >= 0.6 is 0 Å². The van der Waals surface area contributed by atoms with Gasteiger partial charge < -0.3 is 19.7 Å². The van der Waals surface area contributed by atoms with Gasteiger partial charge in [0.15, 0.2) is 11.5 Å². The summed E-state index contributed by atoms with van der Waals surface area (Å²) >= 11 is 0. The Morgan fingerprint density at radius 2 is 1.93 bits per heavy atom. The van der Waals surface area contributed by atoms with Gasteiger partial charge in [0.2, 0.25) is 11.8 Å². The molecule has 0 atom stereocenters. The Morgan fingerprint density at radius 3 is 2.63 bits per heavy atom. The lowest BCUT2D eigenvalue weighted by molar-refractivity contribution is -0.116. The maximum atomic E-state index is 12.4. The maximum Gasteiger partial charge on any atom is 0.248 e. The Labute approximate surface area is 177 Å². The minimum atomic E-state index is -0.226. The highest BCUT2D eigenvalue weighted by Gasteiger charge is 2.20. The maximum absolute atomic E-state index is 12.4. The van der Waals surface area contributed by atoms with Crippen LogP contribution in [0.15, 0.2) is 42.5 Å². The summed E-state index contributed by atoms with van der Waals surface area (Å²) in [5.41, 5.74) is 3.55. The predicted molar refractivity (Wildman–Crippen MR) is 119 cm³/mol. The lowest BCUT2D eigenvalue weighted by atomic mass is 10.0. The fourth-order valence-corrected chi connectivity index (χ4v) is 3.50. The van der Waals surface area contributed by atoms with Gasteiger partial charge in [0, 0.05) is 30.9 Å². The third-order valence-corrected chi connectivity index (χ3v) is 4.82. The molecule has 3 rings (SSSR count). The van der Waals surface area contributed by atoms with Crippen molar-refractivity contribution in [3.63, 3.8) is 0 Å². The molecule has 0 aromatic heterocycles. The molecule has 0 saturated heterocycles. The van der Waals surface area contributed by atoms with Gasteiger partial charge in [0.05, 0.1) is 13.2 Å². The molecular formula is C24H28N2O4. The fraction of sp³-hybridized carbons (Fsp3) is 0.333. The minimum Gasteiger partial charge on any atom is -0.493 e. The van der Waals surface area contributed by atoms with E-state index in [-0.39, 0.29) is 17.9 Å². The normalized spacial score (nSPS) is 13.3. The molecule has 158 valence electrons. The number of anilines is 2. The number of nitrogens with one attached hydrogen (secondary N) is 1. The summed E-state index contributed by atoms with van der Waals surface area (Å²) in [6, 6.07) is 11.2. The van der Waals surface area contributed by atoms with Gasteiger partial charge in [-0.3, -0.25) is 9.59 Å². The number of rotatable bonds is 6. The molecule has 2 aromatic carbocycles. The summed E-state index contributed by atoms with van der Waals surface area (Å²) in [5, 5.41) is 2.89. The average Bonchev–Trinajstić information content (AvgIpc) is 2.71. The largest absolute Gasteiger partial charge is 0.493 e. The van der Waals surface area contributed by atoms with E-state index in [0.717, 1.165) is 36.2 Å². The van der Waals surface area contributed by atoms with Crippen LogP contribution in [0.25, 0.3) is 6.08 Å². The molecule has 0 unspecified atom stereocenters. The van der Waals surface area contributed by atoms with Crippen molar-refractivity contribution in [2.75, 3.05) is 23.9 Å². The van der Waals surface area contributed by atoms with E-state index in [4.69, 9.17) is 9.47 Å². The molecule has 0 radical (unpaired) electrons. The van der Waals surface area contributed by atoms with Crippen molar-refractivity contribution in [2.45, 2.75) is 39.7 Å². The van der Waals surface area contributed by atoms with E-state index in [0.29, 0.717) is 17.2 Å². The van der Waals surface area contributed by atoms with E-state index in [9.17, 15) is 9.59 Å². The number of amides is 2. The van der Waals surface area contributed by atoms with Crippen molar-refractivity contribution in [3.8, 4) is 11.5 Å². The lowest BCUT2D eigenvalue weighted by Gasteiger charge is -2.28. The molecule has 0 saturated carbocycles. The molecule has 1 N–H and O–H groups in total. The van der Waals surface area contributed by atoms with Gasteiger partial charge >= 0.3 is 0 Å².